The molecule has 0 aliphatic rings. The number of esters is 1. The minimum atomic E-state index is -0.426. The summed E-state index contributed by atoms with van der Waals surface area (Å²) in [4.78, 5) is 23.7. The van der Waals surface area contributed by atoms with Gasteiger partial charge in [-0.15, -0.1) is 0 Å². The molecule has 0 N–H and O–H groups in total. The highest BCUT2D eigenvalue weighted by atomic mass is 79.9. The van der Waals surface area contributed by atoms with E-state index in [1.807, 2.05) is 0 Å². The number of carbonyl (C=O) groups excluding carboxylic acids is 2. The van der Waals surface area contributed by atoms with Crippen molar-refractivity contribution in [2.24, 2.45) is 0 Å². The van der Waals surface area contributed by atoms with E-state index in [4.69, 9.17) is 4.74 Å². The fourth-order valence-corrected chi connectivity index (χ4v) is 2.98. The molecule has 0 atom stereocenters. The number of rotatable bonds is 4. The van der Waals surface area contributed by atoms with Gasteiger partial charge in [0.15, 0.2) is 5.78 Å². The van der Waals surface area contributed by atoms with Crippen LogP contribution in [-0.4, -0.2) is 22.4 Å². The van der Waals surface area contributed by atoms with Crippen LogP contribution in [0.5, 0.6) is 0 Å². The first-order chi connectivity index (χ1) is 10.2. The van der Waals surface area contributed by atoms with Crippen LogP contribution in [0.1, 0.15) is 36.7 Å². The third-order valence-corrected chi connectivity index (χ3v) is 3.91. The Morgan fingerprint density at radius 3 is 2.59 bits per heavy atom. The van der Waals surface area contributed by atoms with E-state index < -0.39 is 11.8 Å². The molecule has 0 bridgehead atoms. The summed E-state index contributed by atoms with van der Waals surface area (Å²) in [6, 6.07) is 1.57. The Balaban J connectivity index is 2.62. The molecule has 1 heterocycles. The standard InChI is InChI=1S/C16H17BrFNO3/c1-8(2)22-14(21)7-19-6-12(10(4)20)11-5-13(17)15(18)9(3)16(11)19/h5-6,8H,7H2,1-4H3. The fourth-order valence-electron chi connectivity index (χ4n) is 2.45. The highest BCUT2D eigenvalue weighted by molar-refractivity contribution is 9.10. The number of nitrogens with zero attached hydrogens (tertiary/aromatic N) is 1. The number of benzene rings is 1. The summed E-state index contributed by atoms with van der Waals surface area (Å²) in [6.07, 6.45) is 1.35. The van der Waals surface area contributed by atoms with Gasteiger partial charge >= 0.3 is 5.97 Å². The van der Waals surface area contributed by atoms with E-state index in [9.17, 15) is 14.0 Å². The van der Waals surface area contributed by atoms with Crippen molar-refractivity contribution in [3.8, 4) is 0 Å². The predicted molar refractivity (Wildman–Crippen MR) is 85.6 cm³/mol. The van der Waals surface area contributed by atoms with Crippen LogP contribution >= 0.6 is 15.9 Å². The van der Waals surface area contributed by atoms with Crippen molar-refractivity contribution < 1.29 is 18.7 Å². The molecule has 4 nitrogen and oxygen atoms in total. The van der Waals surface area contributed by atoms with E-state index in [0.29, 0.717) is 26.5 Å². The SMILES string of the molecule is CC(=O)c1cn(CC(=O)OC(C)C)c2c(C)c(F)c(Br)cc12. The Morgan fingerprint density at radius 1 is 1.41 bits per heavy atom. The molecular weight excluding hydrogens is 353 g/mol. The van der Waals surface area contributed by atoms with Gasteiger partial charge < -0.3 is 9.30 Å². The molecule has 0 amide bonds. The summed E-state index contributed by atoms with van der Waals surface area (Å²) in [5.74, 6) is -0.970. The highest BCUT2D eigenvalue weighted by Gasteiger charge is 2.20. The lowest BCUT2D eigenvalue weighted by atomic mass is 10.1. The maximum atomic E-state index is 14.1. The van der Waals surface area contributed by atoms with Crippen LogP contribution in [-0.2, 0) is 16.1 Å². The summed E-state index contributed by atoms with van der Waals surface area (Å²) >= 11 is 3.16. The molecule has 1 aromatic heterocycles. The van der Waals surface area contributed by atoms with Crippen LogP contribution in [0.3, 0.4) is 0 Å². The molecule has 118 valence electrons. The van der Waals surface area contributed by atoms with Gasteiger partial charge in [-0.25, -0.2) is 4.39 Å². The quantitative estimate of drug-likeness (QED) is 0.604. The van der Waals surface area contributed by atoms with Crippen LogP contribution in [0.2, 0.25) is 0 Å². The summed E-state index contributed by atoms with van der Waals surface area (Å²) in [5.41, 5.74) is 1.37. The Kier molecular flexibility index (Phi) is 4.70. The average Bonchev–Trinajstić information content (AvgIpc) is 2.73. The third kappa shape index (κ3) is 3.06. The summed E-state index contributed by atoms with van der Waals surface area (Å²) in [6.45, 7) is 6.52. The smallest absolute Gasteiger partial charge is 0.326 e. The molecule has 0 saturated carbocycles. The predicted octanol–water partition coefficient (Wildman–Crippen LogP) is 4.01. The maximum Gasteiger partial charge on any atom is 0.326 e. The zero-order chi connectivity index (χ0) is 16.6. The lowest BCUT2D eigenvalue weighted by Crippen LogP contribution is -2.17. The van der Waals surface area contributed by atoms with Crippen molar-refractivity contribution in [1.29, 1.82) is 0 Å². The Labute approximate surface area is 136 Å². The van der Waals surface area contributed by atoms with Crippen molar-refractivity contribution in [3.05, 3.63) is 33.7 Å². The number of ether oxygens (including phenoxy) is 1. The zero-order valence-electron chi connectivity index (χ0n) is 12.9. The fraction of sp³-hybridized carbons (Fsp3) is 0.375. The monoisotopic (exact) mass is 369 g/mol. The first kappa shape index (κ1) is 16.7. The number of halogens is 2. The number of aromatic nitrogens is 1. The molecule has 0 fully saturated rings. The largest absolute Gasteiger partial charge is 0.462 e. The van der Waals surface area contributed by atoms with Crippen LogP contribution in [0.25, 0.3) is 10.9 Å². The van der Waals surface area contributed by atoms with Crippen molar-refractivity contribution >= 4 is 38.6 Å². The molecule has 0 aliphatic heterocycles. The molecular formula is C16H17BrFNO3. The van der Waals surface area contributed by atoms with Crippen molar-refractivity contribution in [2.75, 3.05) is 0 Å². The van der Waals surface area contributed by atoms with E-state index >= 15 is 0 Å². The maximum absolute atomic E-state index is 14.1. The van der Waals surface area contributed by atoms with Crippen LogP contribution < -0.4 is 0 Å². The molecule has 0 unspecified atom stereocenters. The van der Waals surface area contributed by atoms with Gasteiger partial charge in [0, 0.05) is 22.7 Å². The number of Topliss-reactive ketones (excluding diaryl/α,β-unsaturated/α-hetero) is 1. The number of hydrogen-bond donors (Lipinski definition) is 0. The molecule has 0 aliphatic carbocycles. The van der Waals surface area contributed by atoms with Gasteiger partial charge in [0.05, 0.1) is 16.1 Å². The zero-order valence-corrected chi connectivity index (χ0v) is 14.5. The number of carbonyl (C=O) groups is 2. The topological polar surface area (TPSA) is 48.3 Å². The van der Waals surface area contributed by atoms with E-state index in [1.165, 1.54) is 6.92 Å². The van der Waals surface area contributed by atoms with Gasteiger partial charge in [0.1, 0.15) is 12.4 Å². The Morgan fingerprint density at radius 2 is 2.05 bits per heavy atom. The molecule has 0 saturated heterocycles. The van der Waals surface area contributed by atoms with E-state index in [2.05, 4.69) is 15.9 Å². The van der Waals surface area contributed by atoms with Crippen molar-refractivity contribution in [3.63, 3.8) is 0 Å². The number of fused-ring (bicyclic) bond motifs is 1. The molecule has 2 aromatic rings. The van der Waals surface area contributed by atoms with Crippen LogP contribution in [0.4, 0.5) is 4.39 Å². The first-order valence-electron chi connectivity index (χ1n) is 6.90. The average molecular weight is 370 g/mol. The summed E-state index contributed by atoms with van der Waals surface area (Å²) in [7, 11) is 0. The molecule has 0 spiro atoms. The third-order valence-electron chi connectivity index (χ3n) is 3.33. The highest BCUT2D eigenvalue weighted by Crippen LogP contribution is 2.31. The second kappa shape index (κ2) is 6.20. The van der Waals surface area contributed by atoms with Crippen molar-refractivity contribution in [1.82, 2.24) is 4.57 Å². The normalized spacial score (nSPS) is 11.2. The molecule has 2 rings (SSSR count). The summed E-state index contributed by atoms with van der Waals surface area (Å²) < 4.78 is 21.1. The van der Waals surface area contributed by atoms with E-state index in [1.54, 1.807) is 37.6 Å². The second-order valence-corrected chi connectivity index (χ2v) is 6.31. The number of aryl methyl sites for hydroxylation is 1. The minimum Gasteiger partial charge on any atom is -0.462 e. The lowest BCUT2D eigenvalue weighted by Gasteiger charge is -2.11. The number of hydrogen-bond acceptors (Lipinski definition) is 3. The van der Waals surface area contributed by atoms with Gasteiger partial charge in [-0.05, 0) is 49.7 Å². The first-order valence-corrected chi connectivity index (χ1v) is 7.69. The van der Waals surface area contributed by atoms with E-state index in [0.717, 1.165) is 0 Å². The molecule has 0 radical (unpaired) electrons. The molecule has 22 heavy (non-hydrogen) atoms. The minimum absolute atomic E-state index is 0.0656. The van der Waals surface area contributed by atoms with Crippen LogP contribution in [0, 0.1) is 12.7 Å². The van der Waals surface area contributed by atoms with E-state index in [-0.39, 0.29) is 18.4 Å². The second-order valence-electron chi connectivity index (χ2n) is 5.46. The van der Waals surface area contributed by atoms with Crippen molar-refractivity contribution in [2.45, 2.75) is 40.3 Å². The van der Waals surface area contributed by atoms with Crippen LogP contribution in [0.15, 0.2) is 16.7 Å². The molecule has 1 aromatic carbocycles. The van der Waals surface area contributed by atoms with Gasteiger partial charge in [-0.1, -0.05) is 0 Å². The van der Waals surface area contributed by atoms with Gasteiger partial charge in [-0.2, -0.15) is 0 Å². The van der Waals surface area contributed by atoms with Gasteiger partial charge in [-0.3, -0.25) is 9.59 Å². The number of ketones is 1. The molecule has 6 heteroatoms. The Hall–Kier alpha value is -1.69. The Bertz CT molecular complexity index is 765. The lowest BCUT2D eigenvalue weighted by molar-refractivity contribution is -0.148. The van der Waals surface area contributed by atoms with Gasteiger partial charge in [0.2, 0.25) is 0 Å². The summed E-state index contributed by atoms with van der Waals surface area (Å²) in [5, 5.41) is 0.621. The van der Waals surface area contributed by atoms with Gasteiger partial charge in [0.25, 0.3) is 0 Å².